The Bertz CT molecular complexity index is 843. The first kappa shape index (κ1) is 14.7. The maximum absolute atomic E-state index is 13.0. The number of hydrogen-bond acceptors (Lipinski definition) is 3. The van der Waals surface area contributed by atoms with Gasteiger partial charge in [0.15, 0.2) is 0 Å². The second-order valence-electron chi connectivity index (χ2n) is 4.67. The number of carbonyl (C=O) groups is 1. The standard InChI is InChI=1S/C16H12BrFN2O2/c1-2-22-16(21)10-7-12(17)14-13(8-10)19-15(20-14)9-3-5-11(18)6-4-9/h3-8H,2H2,1H3,(H,19,20). The molecule has 0 bridgehead atoms. The maximum atomic E-state index is 13.0. The summed E-state index contributed by atoms with van der Waals surface area (Å²) in [5.41, 5.74) is 2.61. The molecule has 1 aromatic heterocycles. The van der Waals surface area contributed by atoms with Gasteiger partial charge >= 0.3 is 5.97 Å². The lowest BCUT2D eigenvalue weighted by Crippen LogP contribution is -2.04. The first-order valence-electron chi connectivity index (χ1n) is 6.71. The predicted octanol–water partition coefficient (Wildman–Crippen LogP) is 4.31. The summed E-state index contributed by atoms with van der Waals surface area (Å²) in [6, 6.07) is 9.41. The Kier molecular flexibility index (Phi) is 3.94. The van der Waals surface area contributed by atoms with Crippen LogP contribution in [0.1, 0.15) is 17.3 Å². The minimum Gasteiger partial charge on any atom is -0.462 e. The Morgan fingerprint density at radius 1 is 1.32 bits per heavy atom. The zero-order valence-electron chi connectivity index (χ0n) is 11.7. The molecule has 0 radical (unpaired) electrons. The molecule has 0 saturated carbocycles. The number of nitrogens with one attached hydrogen (secondary N) is 1. The number of hydrogen-bond donors (Lipinski definition) is 1. The number of fused-ring (bicyclic) bond motifs is 1. The van der Waals surface area contributed by atoms with E-state index in [1.165, 1.54) is 12.1 Å². The third-order valence-electron chi connectivity index (χ3n) is 3.17. The minimum atomic E-state index is -0.386. The Hall–Kier alpha value is -2.21. The van der Waals surface area contributed by atoms with E-state index in [0.29, 0.717) is 33.5 Å². The van der Waals surface area contributed by atoms with Gasteiger partial charge in [0, 0.05) is 10.0 Å². The fourth-order valence-electron chi connectivity index (χ4n) is 2.15. The zero-order chi connectivity index (χ0) is 15.7. The second-order valence-corrected chi connectivity index (χ2v) is 5.52. The van der Waals surface area contributed by atoms with Crippen LogP contribution in [0.25, 0.3) is 22.4 Å². The van der Waals surface area contributed by atoms with Crippen LogP contribution in [-0.2, 0) is 4.74 Å². The van der Waals surface area contributed by atoms with Crippen molar-refractivity contribution in [3.63, 3.8) is 0 Å². The van der Waals surface area contributed by atoms with Gasteiger partial charge in [0.25, 0.3) is 0 Å². The highest BCUT2D eigenvalue weighted by Gasteiger charge is 2.14. The van der Waals surface area contributed by atoms with E-state index in [4.69, 9.17) is 4.74 Å². The van der Waals surface area contributed by atoms with Gasteiger partial charge in [-0.3, -0.25) is 0 Å². The molecule has 0 aliphatic rings. The predicted molar refractivity (Wildman–Crippen MR) is 85.1 cm³/mol. The Labute approximate surface area is 134 Å². The summed E-state index contributed by atoms with van der Waals surface area (Å²) < 4.78 is 18.7. The lowest BCUT2D eigenvalue weighted by Gasteiger charge is -2.02. The Morgan fingerprint density at radius 2 is 2.05 bits per heavy atom. The third-order valence-corrected chi connectivity index (χ3v) is 3.77. The van der Waals surface area contributed by atoms with Crippen molar-refractivity contribution < 1.29 is 13.9 Å². The van der Waals surface area contributed by atoms with E-state index in [9.17, 15) is 9.18 Å². The molecule has 0 aliphatic heterocycles. The molecule has 0 atom stereocenters. The Balaban J connectivity index is 2.07. The van der Waals surface area contributed by atoms with Gasteiger partial charge in [-0.1, -0.05) is 0 Å². The molecule has 4 nitrogen and oxygen atoms in total. The molecule has 22 heavy (non-hydrogen) atoms. The number of carbonyl (C=O) groups excluding carboxylic acids is 1. The second kappa shape index (κ2) is 5.88. The van der Waals surface area contributed by atoms with E-state index in [2.05, 4.69) is 25.9 Å². The van der Waals surface area contributed by atoms with Crippen LogP contribution in [0.2, 0.25) is 0 Å². The number of aromatic nitrogens is 2. The average Bonchev–Trinajstić information content (AvgIpc) is 2.93. The number of esters is 1. The number of imidazole rings is 1. The third kappa shape index (κ3) is 2.74. The summed E-state index contributed by atoms with van der Waals surface area (Å²) in [5.74, 6) is -0.0784. The van der Waals surface area contributed by atoms with Crippen LogP contribution in [0.5, 0.6) is 0 Å². The molecule has 3 aromatic rings. The molecule has 0 amide bonds. The van der Waals surface area contributed by atoms with Gasteiger partial charge in [0.1, 0.15) is 17.2 Å². The summed E-state index contributed by atoms with van der Waals surface area (Å²) in [5, 5.41) is 0. The molecule has 3 rings (SSSR count). The number of halogens is 2. The maximum Gasteiger partial charge on any atom is 0.338 e. The van der Waals surface area contributed by atoms with Gasteiger partial charge in [0.2, 0.25) is 0 Å². The van der Waals surface area contributed by atoms with Gasteiger partial charge in [-0.2, -0.15) is 0 Å². The normalized spacial score (nSPS) is 10.9. The summed E-state index contributed by atoms with van der Waals surface area (Å²) in [6.07, 6.45) is 0. The van der Waals surface area contributed by atoms with Crippen molar-refractivity contribution in [3.05, 3.63) is 52.3 Å². The van der Waals surface area contributed by atoms with Crippen LogP contribution in [0.4, 0.5) is 4.39 Å². The van der Waals surface area contributed by atoms with E-state index >= 15 is 0 Å². The summed E-state index contributed by atoms with van der Waals surface area (Å²) >= 11 is 3.41. The molecule has 0 unspecified atom stereocenters. The molecule has 0 aliphatic carbocycles. The molecule has 112 valence electrons. The van der Waals surface area contributed by atoms with Crippen LogP contribution in [-0.4, -0.2) is 22.5 Å². The molecular weight excluding hydrogens is 351 g/mol. The largest absolute Gasteiger partial charge is 0.462 e. The van der Waals surface area contributed by atoms with Gasteiger partial charge in [-0.05, 0) is 59.3 Å². The van der Waals surface area contributed by atoms with Crippen molar-refractivity contribution >= 4 is 32.9 Å². The highest BCUT2D eigenvalue weighted by Crippen LogP contribution is 2.28. The molecule has 0 saturated heterocycles. The van der Waals surface area contributed by atoms with Crippen LogP contribution < -0.4 is 0 Å². The number of aromatic amines is 1. The van der Waals surface area contributed by atoms with Crippen molar-refractivity contribution in [1.82, 2.24) is 9.97 Å². The number of H-pyrrole nitrogens is 1. The van der Waals surface area contributed by atoms with Gasteiger partial charge in [-0.25, -0.2) is 14.2 Å². The molecule has 0 fully saturated rings. The first-order chi connectivity index (χ1) is 10.6. The Morgan fingerprint density at radius 3 is 2.73 bits per heavy atom. The van der Waals surface area contributed by atoms with E-state index in [-0.39, 0.29) is 11.8 Å². The lowest BCUT2D eigenvalue weighted by atomic mass is 10.2. The number of nitrogens with zero attached hydrogens (tertiary/aromatic N) is 1. The van der Waals surface area contributed by atoms with Gasteiger partial charge in [0.05, 0.1) is 17.7 Å². The first-order valence-corrected chi connectivity index (χ1v) is 7.50. The fourth-order valence-corrected chi connectivity index (χ4v) is 2.70. The summed E-state index contributed by atoms with van der Waals surface area (Å²) in [7, 11) is 0. The highest BCUT2D eigenvalue weighted by molar-refractivity contribution is 9.10. The van der Waals surface area contributed by atoms with Crippen LogP contribution >= 0.6 is 15.9 Å². The number of benzene rings is 2. The zero-order valence-corrected chi connectivity index (χ0v) is 13.3. The highest BCUT2D eigenvalue weighted by atomic mass is 79.9. The average molecular weight is 363 g/mol. The number of ether oxygens (including phenoxy) is 1. The van der Waals surface area contributed by atoms with Gasteiger partial charge < -0.3 is 9.72 Å². The fraction of sp³-hybridized carbons (Fsp3) is 0.125. The SMILES string of the molecule is CCOC(=O)c1cc(Br)c2nc(-c3ccc(F)cc3)[nH]c2c1. The topological polar surface area (TPSA) is 55.0 Å². The van der Waals surface area contributed by atoms with Crippen molar-refractivity contribution in [3.8, 4) is 11.4 Å². The van der Waals surface area contributed by atoms with Crippen molar-refractivity contribution in [2.45, 2.75) is 6.92 Å². The van der Waals surface area contributed by atoms with Crippen LogP contribution in [0.3, 0.4) is 0 Å². The minimum absolute atomic E-state index is 0.300. The van der Waals surface area contributed by atoms with E-state index in [0.717, 1.165) is 5.56 Å². The lowest BCUT2D eigenvalue weighted by molar-refractivity contribution is 0.0526. The van der Waals surface area contributed by atoms with Crippen molar-refractivity contribution in [2.24, 2.45) is 0 Å². The molecule has 2 aromatic carbocycles. The van der Waals surface area contributed by atoms with E-state index in [1.807, 2.05) is 0 Å². The molecule has 0 spiro atoms. The molecule has 1 heterocycles. The molecule has 6 heteroatoms. The van der Waals surface area contributed by atoms with E-state index < -0.39 is 0 Å². The van der Waals surface area contributed by atoms with E-state index in [1.54, 1.807) is 31.2 Å². The van der Waals surface area contributed by atoms with Crippen molar-refractivity contribution in [1.29, 1.82) is 0 Å². The van der Waals surface area contributed by atoms with Gasteiger partial charge in [-0.15, -0.1) is 0 Å². The smallest absolute Gasteiger partial charge is 0.338 e. The summed E-state index contributed by atoms with van der Waals surface area (Å²) in [4.78, 5) is 19.5. The number of rotatable bonds is 3. The molecular formula is C16H12BrFN2O2. The van der Waals surface area contributed by atoms with Crippen LogP contribution in [0, 0.1) is 5.82 Å². The summed E-state index contributed by atoms with van der Waals surface area (Å²) in [6.45, 7) is 2.08. The van der Waals surface area contributed by atoms with Crippen LogP contribution in [0.15, 0.2) is 40.9 Å². The molecule has 1 N–H and O–H groups in total. The van der Waals surface area contributed by atoms with Crippen molar-refractivity contribution in [2.75, 3.05) is 6.61 Å². The quantitative estimate of drug-likeness (QED) is 0.706. The monoisotopic (exact) mass is 362 g/mol.